The molecule has 20 heavy (non-hydrogen) atoms. The molecule has 0 fully saturated rings. The maximum atomic E-state index is 5.99. The van der Waals surface area contributed by atoms with Crippen molar-refractivity contribution in [1.29, 1.82) is 0 Å². The van der Waals surface area contributed by atoms with Gasteiger partial charge in [0.2, 0.25) is 0 Å². The summed E-state index contributed by atoms with van der Waals surface area (Å²) >= 11 is 0. The minimum atomic E-state index is 0.0883. The molecule has 0 amide bonds. The van der Waals surface area contributed by atoms with Crippen molar-refractivity contribution in [3.63, 3.8) is 0 Å². The molecule has 0 heterocycles. The first-order chi connectivity index (χ1) is 9.72. The lowest BCUT2D eigenvalue weighted by Gasteiger charge is -2.11. The molecule has 2 aromatic rings. The number of nitrogens with two attached hydrogens (primary N) is 1. The minimum Gasteiger partial charge on any atom is -0.494 e. The normalized spacial score (nSPS) is 11.9. The molecule has 3 heteroatoms. The Morgan fingerprint density at radius 3 is 2.30 bits per heavy atom. The second-order valence-corrected chi connectivity index (χ2v) is 4.59. The molecular weight excluding hydrogens is 250 g/mol. The fourth-order valence-electron chi connectivity index (χ4n) is 1.95. The zero-order valence-electron chi connectivity index (χ0n) is 12.0. The van der Waals surface area contributed by atoms with Crippen LogP contribution in [0.15, 0.2) is 48.5 Å². The summed E-state index contributed by atoms with van der Waals surface area (Å²) in [5.74, 6) is 2.38. The van der Waals surface area contributed by atoms with Crippen molar-refractivity contribution in [2.45, 2.75) is 26.3 Å². The molecule has 0 aromatic heterocycles. The van der Waals surface area contributed by atoms with Crippen LogP contribution in [0.1, 0.15) is 31.9 Å². The van der Waals surface area contributed by atoms with Crippen molar-refractivity contribution < 1.29 is 9.47 Å². The predicted octanol–water partition coefficient (Wildman–Crippen LogP) is 4.29. The number of ether oxygens (including phenoxy) is 2. The van der Waals surface area contributed by atoms with E-state index < -0.39 is 0 Å². The molecule has 106 valence electrons. The van der Waals surface area contributed by atoms with Crippen molar-refractivity contribution in [3.05, 3.63) is 54.1 Å². The SMILES string of the molecule is CCOc1cccc(Oc2ccc([C@@H](N)CC)cc2)c1. The van der Waals surface area contributed by atoms with Gasteiger partial charge in [0.15, 0.2) is 0 Å². The maximum Gasteiger partial charge on any atom is 0.131 e. The first-order valence-corrected chi connectivity index (χ1v) is 6.99. The Balaban J connectivity index is 2.08. The summed E-state index contributed by atoms with van der Waals surface area (Å²) in [6.45, 7) is 4.69. The standard InChI is InChI=1S/C17H21NO2/c1-3-17(18)13-8-10-14(11-9-13)20-16-7-5-6-15(12-16)19-4-2/h5-12,17H,3-4,18H2,1-2H3/t17-/m0/s1. The van der Waals surface area contributed by atoms with Crippen LogP contribution in [0.4, 0.5) is 0 Å². The van der Waals surface area contributed by atoms with E-state index in [1.54, 1.807) is 0 Å². The molecule has 0 unspecified atom stereocenters. The highest BCUT2D eigenvalue weighted by molar-refractivity contribution is 5.37. The van der Waals surface area contributed by atoms with E-state index in [0.717, 1.165) is 29.2 Å². The van der Waals surface area contributed by atoms with Gasteiger partial charge in [0.05, 0.1) is 6.61 Å². The van der Waals surface area contributed by atoms with Crippen LogP contribution in [0.2, 0.25) is 0 Å². The average Bonchev–Trinajstić information content (AvgIpc) is 2.48. The summed E-state index contributed by atoms with van der Waals surface area (Å²) in [4.78, 5) is 0. The molecule has 0 aliphatic heterocycles. The van der Waals surface area contributed by atoms with Gasteiger partial charge in [-0.05, 0) is 43.2 Å². The molecule has 3 nitrogen and oxygen atoms in total. The lowest BCUT2D eigenvalue weighted by Crippen LogP contribution is -2.07. The van der Waals surface area contributed by atoms with E-state index in [1.807, 2.05) is 55.5 Å². The van der Waals surface area contributed by atoms with E-state index in [2.05, 4.69) is 6.92 Å². The van der Waals surface area contributed by atoms with Crippen LogP contribution in [-0.2, 0) is 0 Å². The second-order valence-electron chi connectivity index (χ2n) is 4.59. The third-order valence-electron chi connectivity index (χ3n) is 3.10. The van der Waals surface area contributed by atoms with E-state index in [1.165, 1.54) is 0 Å². The van der Waals surface area contributed by atoms with Crippen molar-refractivity contribution in [1.82, 2.24) is 0 Å². The molecule has 0 aliphatic carbocycles. The third-order valence-corrected chi connectivity index (χ3v) is 3.10. The molecular formula is C17H21NO2. The van der Waals surface area contributed by atoms with E-state index in [-0.39, 0.29) is 6.04 Å². The zero-order chi connectivity index (χ0) is 14.4. The Morgan fingerprint density at radius 2 is 1.65 bits per heavy atom. The number of hydrogen-bond acceptors (Lipinski definition) is 3. The van der Waals surface area contributed by atoms with Gasteiger partial charge in [-0.2, -0.15) is 0 Å². The average molecular weight is 271 g/mol. The monoisotopic (exact) mass is 271 g/mol. The first-order valence-electron chi connectivity index (χ1n) is 6.99. The van der Waals surface area contributed by atoms with E-state index in [4.69, 9.17) is 15.2 Å². The summed E-state index contributed by atoms with van der Waals surface area (Å²) in [7, 11) is 0. The molecule has 0 radical (unpaired) electrons. The molecule has 0 saturated heterocycles. The highest BCUT2D eigenvalue weighted by Crippen LogP contribution is 2.26. The quantitative estimate of drug-likeness (QED) is 0.852. The van der Waals surface area contributed by atoms with Gasteiger partial charge in [-0.25, -0.2) is 0 Å². The van der Waals surface area contributed by atoms with E-state index >= 15 is 0 Å². The highest BCUT2D eigenvalue weighted by atomic mass is 16.5. The summed E-state index contributed by atoms with van der Waals surface area (Å²) in [5.41, 5.74) is 7.12. The van der Waals surface area contributed by atoms with Crippen LogP contribution in [0.25, 0.3) is 0 Å². The lowest BCUT2D eigenvalue weighted by molar-refractivity contribution is 0.338. The van der Waals surface area contributed by atoms with Gasteiger partial charge in [0.25, 0.3) is 0 Å². The van der Waals surface area contributed by atoms with Gasteiger partial charge in [0, 0.05) is 12.1 Å². The molecule has 0 spiro atoms. The van der Waals surface area contributed by atoms with Crippen molar-refractivity contribution in [2.75, 3.05) is 6.61 Å². The van der Waals surface area contributed by atoms with Crippen LogP contribution in [0.5, 0.6) is 17.2 Å². The molecule has 0 bridgehead atoms. The van der Waals surface area contributed by atoms with Crippen LogP contribution in [-0.4, -0.2) is 6.61 Å². The van der Waals surface area contributed by atoms with Crippen LogP contribution >= 0.6 is 0 Å². The van der Waals surface area contributed by atoms with Crippen molar-refractivity contribution >= 4 is 0 Å². The summed E-state index contributed by atoms with van der Waals surface area (Å²) < 4.78 is 11.3. The first kappa shape index (κ1) is 14.4. The van der Waals surface area contributed by atoms with E-state index in [0.29, 0.717) is 6.61 Å². The van der Waals surface area contributed by atoms with Crippen molar-refractivity contribution in [3.8, 4) is 17.2 Å². The lowest BCUT2D eigenvalue weighted by atomic mass is 10.1. The molecule has 1 atom stereocenters. The van der Waals surface area contributed by atoms with Crippen LogP contribution < -0.4 is 15.2 Å². The number of hydrogen-bond donors (Lipinski definition) is 1. The van der Waals surface area contributed by atoms with Gasteiger partial charge in [-0.1, -0.05) is 25.1 Å². The molecule has 2 rings (SSSR count). The van der Waals surface area contributed by atoms with Gasteiger partial charge in [0.1, 0.15) is 17.2 Å². The Kier molecular flexibility index (Phi) is 5.02. The van der Waals surface area contributed by atoms with Gasteiger partial charge >= 0.3 is 0 Å². The molecule has 2 aromatic carbocycles. The number of benzene rings is 2. The predicted molar refractivity (Wildman–Crippen MR) is 81.3 cm³/mol. The van der Waals surface area contributed by atoms with Gasteiger partial charge in [-0.15, -0.1) is 0 Å². The van der Waals surface area contributed by atoms with Gasteiger partial charge < -0.3 is 15.2 Å². The van der Waals surface area contributed by atoms with Crippen molar-refractivity contribution in [2.24, 2.45) is 5.73 Å². The number of rotatable bonds is 6. The molecule has 2 N–H and O–H groups in total. The topological polar surface area (TPSA) is 44.5 Å². The third kappa shape index (κ3) is 3.75. The van der Waals surface area contributed by atoms with Gasteiger partial charge in [-0.3, -0.25) is 0 Å². The van der Waals surface area contributed by atoms with Crippen LogP contribution in [0, 0.1) is 0 Å². The minimum absolute atomic E-state index is 0.0883. The maximum absolute atomic E-state index is 5.99. The largest absolute Gasteiger partial charge is 0.494 e. The van der Waals surface area contributed by atoms with E-state index in [9.17, 15) is 0 Å². The van der Waals surface area contributed by atoms with Crippen LogP contribution in [0.3, 0.4) is 0 Å². The fraction of sp³-hybridized carbons (Fsp3) is 0.294. The Bertz CT molecular complexity index is 537. The molecule has 0 saturated carbocycles. The highest BCUT2D eigenvalue weighted by Gasteiger charge is 2.04. The smallest absolute Gasteiger partial charge is 0.131 e. The zero-order valence-corrected chi connectivity index (χ0v) is 12.0. The fourth-order valence-corrected chi connectivity index (χ4v) is 1.95. The summed E-state index contributed by atoms with van der Waals surface area (Å²) in [6.07, 6.45) is 0.927. The molecule has 0 aliphatic rings. The Hall–Kier alpha value is -2.00. The summed E-state index contributed by atoms with van der Waals surface area (Å²) in [5, 5.41) is 0. The Labute approximate surface area is 120 Å². The Morgan fingerprint density at radius 1 is 0.950 bits per heavy atom. The second kappa shape index (κ2) is 6.96. The summed E-state index contributed by atoms with van der Waals surface area (Å²) in [6, 6.07) is 15.6.